The first-order valence-electron chi connectivity index (χ1n) is 12.5. The highest BCUT2D eigenvalue weighted by atomic mass is 14.9. The van der Waals surface area contributed by atoms with Crippen molar-refractivity contribution in [3.63, 3.8) is 0 Å². The molecule has 4 rings (SSSR count). The standard InChI is InChI=1S/C33H35N3/c1-24(28-16-11-13-26(21-28)22-33(3,4)5)36-31-19-12-18-30(27-14-7-6-8-15-27)32(31)25(2)35-23-29-17-9-10-20-34-29/h6-21,35H,2,22-23H2,1,3-5H3/b36-24+. The van der Waals surface area contributed by atoms with Gasteiger partial charge >= 0.3 is 0 Å². The minimum absolute atomic E-state index is 0.234. The van der Waals surface area contributed by atoms with Gasteiger partial charge in [0.25, 0.3) is 0 Å². The Kier molecular flexibility index (Phi) is 7.80. The average Bonchev–Trinajstić information content (AvgIpc) is 2.87. The Bertz CT molecular complexity index is 1350. The number of hydrogen-bond donors (Lipinski definition) is 1. The van der Waals surface area contributed by atoms with Crippen LogP contribution in [0.5, 0.6) is 0 Å². The zero-order valence-electron chi connectivity index (χ0n) is 21.8. The molecule has 0 aliphatic carbocycles. The number of rotatable bonds is 8. The molecule has 36 heavy (non-hydrogen) atoms. The molecular weight excluding hydrogens is 438 g/mol. The highest BCUT2D eigenvalue weighted by molar-refractivity contribution is 6.01. The molecule has 0 bridgehead atoms. The summed E-state index contributed by atoms with van der Waals surface area (Å²) in [5.41, 5.74) is 9.61. The van der Waals surface area contributed by atoms with Crippen LogP contribution in [0.2, 0.25) is 0 Å². The smallest absolute Gasteiger partial charge is 0.0732 e. The Morgan fingerprint density at radius 1 is 0.889 bits per heavy atom. The van der Waals surface area contributed by atoms with Gasteiger partial charge in [-0.25, -0.2) is 0 Å². The lowest BCUT2D eigenvalue weighted by molar-refractivity contribution is 0.411. The van der Waals surface area contributed by atoms with Crippen LogP contribution in [0.4, 0.5) is 5.69 Å². The maximum atomic E-state index is 5.13. The number of aromatic nitrogens is 1. The normalized spacial score (nSPS) is 11.8. The Morgan fingerprint density at radius 3 is 2.36 bits per heavy atom. The fraction of sp³-hybridized carbons (Fsp3) is 0.212. The lowest BCUT2D eigenvalue weighted by Crippen LogP contribution is -2.13. The van der Waals surface area contributed by atoms with Crippen LogP contribution in [-0.4, -0.2) is 10.7 Å². The molecule has 1 aromatic heterocycles. The van der Waals surface area contributed by atoms with Gasteiger partial charge in [0, 0.05) is 23.2 Å². The Morgan fingerprint density at radius 2 is 1.64 bits per heavy atom. The maximum Gasteiger partial charge on any atom is 0.0732 e. The van der Waals surface area contributed by atoms with Crippen LogP contribution in [0, 0.1) is 5.41 Å². The van der Waals surface area contributed by atoms with E-state index in [4.69, 9.17) is 4.99 Å². The molecule has 3 heteroatoms. The minimum atomic E-state index is 0.234. The monoisotopic (exact) mass is 473 g/mol. The van der Waals surface area contributed by atoms with Crippen molar-refractivity contribution < 1.29 is 0 Å². The summed E-state index contributed by atoms with van der Waals surface area (Å²) in [5, 5.41) is 3.49. The van der Waals surface area contributed by atoms with Crippen molar-refractivity contribution in [2.75, 3.05) is 0 Å². The summed E-state index contributed by atoms with van der Waals surface area (Å²) in [6.07, 6.45) is 2.83. The zero-order chi connectivity index (χ0) is 25.5. The van der Waals surface area contributed by atoms with Crippen molar-refractivity contribution in [3.05, 3.63) is 126 Å². The first-order valence-corrected chi connectivity index (χ1v) is 12.5. The minimum Gasteiger partial charge on any atom is -0.379 e. The van der Waals surface area contributed by atoms with E-state index < -0.39 is 0 Å². The maximum absolute atomic E-state index is 5.13. The predicted octanol–water partition coefficient (Wildman–Crippen LogP) is 8.24. The third kappa shape index (κ3) is 6.57. The van der Waals surface area contributed by atoms with Gasteiger partial charge < -0.3 is 5.32 Å². The molecule has 182 valence electrons. The van der Waals surface area contributed by atoms with Crippen LogP contribution in [0.15, 0.2) is 109 Å². The molecule has 0 fully saturated rings. The van der Waals surface area contributed by atoms with Gasteiger partial charge in [0.1, 0.15) is 0 Å². The number of pyridine rings is 1. The van der Waals surface area contributed by atoms with Crippen LogP contribution in [0.25, 0.3) is 16.8 Å². The fourth-order valence-corrected chi connectivity index (χ4v) is 4.36. The number of aliphatic imine (C=N–C) groups is 1. The van der Waals surface area contributed by atoms with E-state index in [1.807, 2.05) is 30.5 Å². The third-order valence-electron chi connectivity index (χ3n) is 6.01. The van der Waals surface area contributed by atoms with E-state index in [1.165, 1.54) is 5.56 Å². The molecular formula is C33H35N3. The molecule has 0 spiro atoms. The predicted molar refractivity (Wildman–Crippen MR) is 153 cm³/mol. The lowest BCUT2D eigenvalue weighted by Gasteiger charge is -2.19. The van der Waals surface area contributed by atoms with E-state index >= 15 is 0 Å². The first-order chi connectivity index (χ1) is 17.3. The quantitative estimate of drug-likeness (QED) is 0.262. The van der Waals surface area contributed by atoms with Gasteiger partial charge in [-0.3, -0.25) is 9.98 Å². The van der Waals surface area contributed by atoms with Gasteiger partial charge in [-0.1, -0.05) is 94.1 Å². The summed E-state index contributed by atoms with van der Waals surface area (Å²) in [6, 6.07) is 31.3. The Balaban J connectivity index is 1.73. The van der Waals surface area contributed by atoms with Gasteiger partial charge in [0.15, 0.2) is 0 Å². The average molecular weight is 474 g/mol. The topological polar surface area (TPSA) is 37.3 Å². The van der Waals surface area contributed by atoms with E-state index in [0.29, 0.717) is 6.54 Å². The second-order valence-corrected chi connectivity index (χ2v) is 10.4. The van der Waals surface area contributed by atoms with Gasteiger partial charge in [-0.05, 0) is 65.3 Å². The van der Waals surface area contributed by atoms with Crippen molar-refractivity contribution in [2.45, 2.75) is 40.7 Å². The summed E-state index contributed by atoms with van der Waals surface area (Å²) < 4.78 is 0. The SMILES string of the molecule is C=C(NCc1ccccn1)c1c(/N=C(\C)c2cccc(CC(C)(C)C)c2)cccc1-c1ccccc1. The van der Waals surface area contributed by atoms with E-state index in [9.17, 15) is 0 Å². The van der Waals surface area contributed by atoms with Crippen LogP contribution in [0.3, 0.4) is 0 Å². The van der Waals surface area contributed by atoms with Crippen molar-refractivity contribution in [1.29, 1.82) is 0 Å². The highest BCUT2D eigenvalue weighted by Crippen LogP contribution is 2.35. The Labute approximate surface area is 215 Å². The van der Waals surface area contributed by atoms with Crippen molar-refractivity contribution in [1.82, 2.24) is 10.3 Å². The van der Waals surface area contributed by atoms with E-state index in [2.05, 4.69) is 111 Å². The summed E-state index contributed by atoms with van der Waals surface area (Å²) in [5.74, 6) is 0. The third-order valence-corrected chi connectivity index (χ3v) is 6.01. The summed E-state index contributed by atoms with van der Waals surface area (Å²) >= 11 is 0. The molecule has 3 aromatic carbocycles. The largest absolute Gasteiger partial charge is 0.379 e. The molecule has 4 aromatic rings. The van der Waals surface area contributed by atoms with Crippen LogP contribution in [0.1, 0.15) is 50.1 Å². The fourth-order valence-electron chi connectivity index (χ4n) is 4.36. The number of nitrogens with zero attached hydrogens (tertiary/aromatic N) is 2. The molecule has 0 unspecified atom stereocenters. The van der Waals surface area contributed by atoms with Crippen LogP contribution >= 0.6 is 0 Å². The lowest BCUT2D eigenvalue weighted by atomic mass is 9.87. The van der Waals surface area contributed by atoms with E-state index in [1.54, 1.807) is 0 Å². The van der Waals surface area contributed by atoms with Crippen molar-refractivity contribution in [2.24, 2.45) is 10.4 Å². The first kappa shape index (κ1) is 25.1. The summed E-state index contributed by atoms with van der Waals surface area (Å²) in [4.78, 5) is 9.57. The number of hydrogen-bond acceptors (Lipinski definition) is 3. The molecule has 0 aliphatic rings. The molecule has 0 aliphatic heterocycles. The second kappa shape index (κ2) is 11.2. The van der Waals surface area contributed by atoms with Crippen molar-refractivity contribution in [3.8, 4) is 11.1 Å². The second-order valence-electron chi connectivity index (χ2n) is 10.4. The Hall–Kier alpha value is -3.98. The van der Waals surface area contributed by atoms with Crippen molar-refractivity contribution >= 4 is 17.1 Å². The molecule has 0 radical (unpaired) electrons. The molecule has 0 amide bonds. The van der Waals surface area contributed by atoms with Crippen LogP contribution in [-0.2, 0) is 13.0 Å². The number of benzene rings is 3. The molecule has 0 saturated heterocycles. The molecule has 1 N–H and O–H groups in total. The number of nitrogens with one attached hydrogen (secondary N) is 1. The van der Waals surface area contributed by atoms with Gasteiger partial charge in [0.2, 0.25) is 0 Å². The molecule has 1 heterocycles. The van der Waals surface area contributed by atoms with Gasteiger partial charge in [-0.15, -0.1) is 0 Å². The molecule has 0 saturated carbocycles. The van der Waals surface area contributed by atoms with Crippen LogP contribution < -0.4 is 5.32 Å². The molecule has 0 atom stereocenters. The summed E-state index contributed by atoms with van der Waals surface area (Å²) in [7, 11) is 0. The van der Waals surface area contributed by atoms with E-state index in [0.717, 1.165) is 51.5 Å². The zero-order valence-corrected chi connectivity index (χ0v) is 21.8. The molecule has 3 nitrogen and oxygen atoms in total. The summed E-state index contributed by atoms with van der Waals surface area (Å²) in [6.45, 7) is 13.9. The van der Waals surface area contributed by atoms with E-state index in [-0.39, 0.29) is 5.41 Å². The van der Waals surface area contributed by atoms with Gasteiger partial charge in [0.05, 0.1) is 17.9 Å². The highest BCUT2D eigenvalue weighted by Gasteiger charge is 2.15. The van der Waals surface area contributed by atoms with Gasteiger partial charge in [-0.2, -0.15) is 0 Å².